The highest BCUT2D eigenvalue weighted by Crippen LogP contribution is 2.38. The fourth-order valence-electron chi connectivity index (χ4n) is 4.21. The van der Waals surface area contributed by atoms with Gasteiger partial charge in [-0.3, -0.25) is 0 Å². The van der Waals surface area contributed by atoms with E-state index in [2.05, 4.69) is 105 Å². The molecule has 1 radical (unpaired) electrons. The molecule has 3 aromatic rings. The van der Waals surface area contributed by atoms with Crippen LogP contribution in [0.2, 0.25) is 0 Å². The molecule has 0 aromatic heterocycles. The number of hydrogen-bond acceptors (Lipinski definition) is 1. The highest BCUT2D eigenvalue weighted by atomic mass is 28.3. The summed E-state index contributed by atoms with van der Waals surface area (Å²) in [6, 6.07) is 27.1. The maximum atomic E-state index is 2.75. The molecule has 0 N–H and O–H groups in total. The first kappa shape index (κ1) is 18.1. The van der Waals surface area contributed by atoms with Crippen molar-refractivity contribution in [2.75, 3.05) is 4.57 Å². The number of nitrogens with zero attached hydrogens (tertiary/aromatic N) is 1. The Balaban J connectivity index is 1.94. The molecule has 2 heteroatoms. The summed E-state index contributed by atoms with van der Waals surface area (Å²) in [6.45, 7) is 10.3. The van der Waals surface area contributed by atoms with E-state index in [9.17, 15) is 0 Å². The molecule has 3 aromatic carbocycles. The average Bonchev–Trinajstić information content (AvgIpc) is 3.07. The maximum Gasteiger partial charge on any atom is 0.243 e. The van der Waals surface area contributed by atoms with Gasteiger partial charge < -0.3 is 4.57 Å². The second-order valence-electron chi connectivity index (χ2n) is 8.05. The van der Waals surface area contributed by atoms with E-state index in [4.69, 9.17) is 0 Å². The third kappa shape index (κ3) is 3.23. The van der Waals surface area contributed by atoms with Gasteiger partial charge in [0.05, 0.1) is 0 Å². The van der Waals surface area contributed by atoms with Crippen LogP contribution in [0.4, 0.5) is 5.69 Å². The van der Waals surface area contributed by atoms with Crippen molar-refractivity contribution in [3.05, 3.63) is 89.5 Å². The second-order valence-corrected chi connectivity index (χ2v) is 10.4. The Kier molecular flexibility index (Phi) is 4.92. The second kappa shape index (κ2) is 7.36. The zero-order chi connectivity index (χ0) is 19.0. The summed E-state index contributed by atoms with van der Waals surface area (Å²) < 4.78 is 2.75. The molecule has 1 nitrogen and oxygen atoms in total. The van der Waals surface area contributed by atoms with Gasteiger partial charge in [0.2, 0.25) is 8.96 Å². The van der Waals surface area contributed by atoms with Crippen molar-refractivity contribution in [1.82, 2.24) is 0 Å². The van der Waals surface area contributed by atoms with Gasteiger partial charge in [-0.05, 0) is 38.9 Å². The van der Waals surface area contributed by atoms with Gasteiger partial charge in [-0.25, -0.2) is 0 Å². The van der Waals surface area contributed by atoms with E-state index in [1.165, 1.54) is 27.6 Å². The van der Waals surface area contributed by atoms with Crippen LogP contribution in [0.5, 0.6) is 0 Å². The van der Waals surface area contributed by atoms with Crippen LogP contribution in [0.15, 0.2) is 72.8 Å². The molecule has 0 spiro atoms. The number of rotatable bonds is 4. The van der Waals surface area contributed by atoms with Gasteiger partial charge >= 0.3 is 0 Å². The van der Waals surface area contributed by atoms with Gasteiger partial charge in [-0.2, -0.15) is 0 Å². The zero-order valence-electron chi connectivity index (χ0n) is 16.7. The number of para-hydroxylation sites is 1. The van der Waals surface area contributed by atoms with Crippen LogP contribution in [-0.2, 0) is 6.54 Å². The summed E-state index contributed by atoms with van der Waals surface area (Å²) in [5.74, 6) is 1.03. The SMILES string of the molecule is CC(C)c1cccc(C(C)C)c1N1Cc2ccccc2[Si]1c1ccccc1. The molecule has 137 valence electrons. The topological polar surface area (TPSA) is 3.24 Å². The summed E-state index contributed by atoms with van der Waals surface area (Å²) >= 11 is 0. The van der Waals surface area contributed by atoms with Crippen molar-refractivity contribution in [2.45, 2.75) is 46.1 Å². The lowest BCUT2D eigenvalue weighted by atomic mass is 9.92. The maximum absolute atomic E-state index is 2.75. The first-order valence-electron chi connectivity index (χ1n) is 9.99. The molecule has 1 aliphatic rings. The lowest BCUT2D eigenvalue weighted by Crippen LogP contribution is -2.52. The first-order chi connectivity index (χ1) is 13.1. The molecule has 0 unspecified atom stereocenters. The third-order valence-electron chi connectivity index (χ3n) is 5.53. The molecule has 0 fully saturated rings. The largest absolute Gasteiger partial charge is 0.386 e. The lowest BCUT2D eigenvalue weighted by molar-refractivity contribution is 0.823. The van der Waals surface area contributed by atoms with Crippen LogP contribution in [0.25, 0.3) is 0 Å². The van der Waals surface area contributed by atoms with E-state index in [0.717, 1.165) is 6.54 Å². The van der Waals surface area contributed by atoms with E-state index in [1.54, 1.807) is 5.19 Å². The van der Waals surface area contributed by atoms with Crippen molar-refractivity contribution in [3.8, 4) is 0 Å². The van der Waals surface area contributed by atoms with Crippen LogP contribution in [0.3, 0.4) is 0 Å². The molecular weight excluding hydrogens is 342 g/mol. The van der Waals surface area contributed by atoms with E-state index < -0.39 is 8.96 Å². The highest BCUT2D eigenvalue weighted by Gasteiger charge is 2.36. The molecule has 0 bridgehead atoms. The van der Waals surface area contributed by atoms with Crippen molar-refractivity contribution in [3.63, 3.8) is 0 Å². The summed E-state index contributed by atoms with van der Waals surface area (Å²) in [7, 11) is -1.01. The predicted molar refractivity (Wildman–Crippen MR) is 119 cm³/mol. The number of fused-ring (bicyclic) bond motifs is 1. The Morgan fingerprint density at radius 1 is 0.704 bits per heavy atom. The molecule has 0 saturated heterocycles. The molecule has 1 heterocycles. The summed E-state index contributed by atoms with van der Waals surface area (Å²) in [6.07, 6.45) is 0. The molecule has 27 heavy (non-hydrogen) atoms. The fourth-order valence-corrected chi connectivity index (χ4v) is 7.16. The van der Waals surface area contributed by atoms with Crippen LogP contribution in [-0.4, -0.2) is 8.96 Å². The van der Waals surface area contributed by atoms with Gasteiger partial charge in [0.15, 0.2) is 0 Å². The van der Waals surface area contributed by atoms with Crippen LogP contribution < -0.4 is 14.9 Å². The fraction of sp³-hybridized carbons (Fsp3) is 0.280. The number of benzene rings is 3. The highest BCUT2D eigenvalue weighted by molar-refractivity contribution is 6.89. The van der Waals surface area contributed by atoms with Gasteiger partial charge in [-0.1, -0.05) is 100 Å². The number of anilines is 1. The Morgan fingerprint density at radius 2 is 1.30 bits per heavy atom. The first-order valence-corrected chi connectivity index (χ1v) is 11.4. The minimum atomic E-state index is -1.01. The molecule has 0 atom stereocenters. The standard InChI is InChI=1S/C25H28NSi/c1-18(2)22-14-10-15-23(19(3)4)25(22)26-17-20-11-8-9-16-24(20)27(26)21-12-6-5-7-13-21/h5-16,18-19H,17H2,1-4H3. The van der Waals surface area contributed by atoms with E-state index in [1.807, 2.05) is 0 Å². The van der Waals surface area contributed by atoms with Gasteiger partial charge in [-0.15, -0.1) is 0 Å². The third-order valence-corrected chi connectivity index (χ3v) is 8.33. The Hall–Kier alpha value is -2.32. The van der Waals surface area contributed by atoms with Crippen molar-refractivity contribution < 1.29 is 0 Å². The smallest absolute Gasteiger partial charge is 0.243 e. The van der Waals surface area contributed by atoms with E-state index in [-0.39, 0.29) is 0 Å². The van der Waals surface area contributed by atoms with Crippen LogP contribution in [0.1, 0.15) is 56.2 Å². The summed E-state index contributed by atoms with van der Waals surface area (Å²) in [5.41, 5.74) is 5.93. The van der Waals surface area contributed by atoms with Gasteiger partial charge in [0, 0.05) is 12.2 Å². The van der Waals surface area contributed by atoms with Crippen LogP contribution >= 0.6 is 0 Å². The van der Waals surface area contributed by atoms with Crippen molar-refractivity contribution >= 4 is 25.0 Å². The predicted octanol–water partition coefficient (Wildman–Crippen LogP) is 5.06. The molecular formula is C25H28NSi. The Labute approximate surface area is 165 Å². The quantitative estimate of drug-likeness (QED) is 0.580. The molecule has 0 aliphatic carbocycles. The monoisotopic (exact) mass is 370 g/mol. The minimum Gasteiger partial charge on any atom is -0.386 e. The van der Waals surface area contributed by atoms with Crippen molar-refractivity contribution in [1.29, 1.82) is 0 Å². The Morgan fingerprint density at radius 3 is 1.93 bits per heavy atom. The normalized spacial score (nSPS) is 14.2. The summed E-state index contributed by atoms with van der Waals surface area (Å²) in [5, 5.41) is 3.02. The lowest BCUT2D eigenvalue weighted by Gasteiger charge is -2.32. The minimum absolute atomic E-state index is 0.515. The number of hydrogen-bond donors (Lipinski definition) is 0. The Bertz CT molecular complexity index is 904. The van der Waals surface area contributed by atoms with Crippen LogP contribution in [0, 0.1) is 0 Å². The van der Waals surface area contributed by atoms with Crippen molar-refractivity contribution in [2.24, 2.45) is 0 Å². The molecule has 0 amide bonds. The van der Waals surface area contributed by atoms with Gasteiger partial charge in [0.25, 0.3) is 0 Å². The molecule has 4 rings (SSSR count). The molecule has 1 aliphatic heterocycles. The van der Waals surface area contributed by atoms with Gasteiger partial charge in [0.1, 0.15) is 0 Å². The van der Waals surface area contributed by atoms with E-state index in [0.29, 0.717) is 11.8 Å². The molecule has 0 saturated carbocycles. The summed E-state index contributed by atoms with van der Waals surface area (Å²) in [4.78, 5) is 0. The van der Waals surface area contributed by atoms with E-state index >= 15 is 0 Å². The average molecular weight is 371 g/mol. The zero-order valence-corrected chi connectivity index (χ0v) is 17.7.